The Morgan fingerprint density at radius 1 is 1.29 bits per heavy atom. The normalized spacial score (nSPS) is 9.88. The summed E-state index contributed by atoms with van der Waals surface area (Å²) in [6, 6.07) is 13.5. The summed E-state index contributed by atoms with van der Waals surface area (Å²) in [5.74, 6) is 0. The van der Waals surface area contributed by atoms with Gasteiger partial charge in [0.25, 0.3) is 5.56 Å². The highest BCUT2D eigenvalue weighted by Gasteiger charge is 2.05. The Balaban J connectivity index is 2.41. The van der Waals surface area contributed by atoms with E-state index in [2.05, 4.69) is 11.1 Å². The molecule has 0 radical (unpaired) electrons. The van der Waals surface area contributed by atoms with Crippen molar-refractivity contribution >= 4 is 0 Å². The van der Waals surface area contributed by atoms with Crippen molar-refractivity contribution in [2.45, 2.75) is 13.3 Å². The molecule has 0 aliphatic heterocycles. The van der Waals surface area contributed by atoms with E-state index in [-0.39, 0.29) is 5.56 Å². The van der Waals surface area contributed by atoms with Crippen LogP contribution in [0.2, 0.25) is 0 Å². The molecular weight excluding hydrogens is 212 g/mol. The topological polar surface area (TPSA) is 56.6 Å². The van der Waals surface area contributed by atoms with Crippen LogP contribution in [0, 0.1) is 18.3 Å². The third-order valence-corrected chi connectivity index (χ3v) is 2.67. The van der Waals surface area contributed by atoms with Crippen molar-refractivity contribution in [1.82, 2.24) is 4.98 Å². The minimum Gasteiger partial charge on any atom is -0.325 e. The average molecular weight is 224 g/mol. The first-order valence-corrected chi connectivity index (χ1v) is 5.37. The highest BCUT2D eigenvalue weighted by atomic mass is 16.1. The number of hydrogen-bond acceptors (Lipinski definition) is 2. The van der Waals surface area contributed by atoms with Crippen LogP contribution >= 0.6 is 0 Å². The van der Waals surface area contributed by atoms with E-state index in [4.69, 9.17) is 5.26 Å². The number of nitrogens with one attached hydrogen (secondary N) is 1. The van der Waals surface area contributed by atoms with Crippen LogP contribution in [-0.4, -0.2) is 4.98 Å². The van der Waals surface area contributed by atoms with Crippen LogP contribution in [0.4, 0.5) is 0 Å². The number of aryl methyl sites for hydroxylation is 1. The molecule has 0 fully saturated rings. The second-order valence-corrected chi connectivity index (χ2v) is 3.94. The van der Waals surface area contributed by atoms with Crippen molar-refractivity contribution in [3.8, 4) is 6.07 Å². The van der Waals surface area contributed by atoms with Crippen LogP contribution in [-0.2, 0) is 6.42 Å². The van der Waals surface area contributed by atoms with Crippen LogP contribution in [0.1, 0.15) is 22.4 Å². The van der Waals surface area contributed by atoms with Gasteiger partial charge in [-0.1, -0.05) is 30.3 Å². The number of nitriles is 1. The summed E-state index contributed by atoms with van der Waals surface area (Å²) in [4.78, 5) is 14.4. The Bertz CT molecular complexity index is 621. The molecule has 0 amide bonds. The first-order chi connectivity index (χ1) is 8.20. The number of H-pyrrole nitrogens is 1. The zero-order valence-electron chi connectivity index (χ0n) is 9.53. The van der Waals surface area contributed by atoms with Crippen LogP contribution in [0.25, 0.3) is 0 Å². The molecule has 0 unspecified atom stereocenters. The molecule has 0 atom stereocenters. The molecule has 0 saturated carbocycles. The number of rotatable bonds is 2. The van der Waals surface area contributed by atoms with E-state index in [9.17, 15) is 4.79 Å². The fraction of sp³-hybridized carbons (Fsp3) is 0.143. The van der Waals surface area contributed by atoms with Crippen LogP contribution in [0.15, 0.2) is 41.2 Å². The monoisotopic (exact) mass is 224 g/mol. The van der Waals surface area contributed by atoms with Crippen molar-refractivity contribution in [2.75, 3.05) is 0 Å². The lowest BCUT2D eigenvalue weighted by atomic mass is 10.0. The molecular formula is C14H12N2O. The van der Waals surface area contributed by atoms with Crippen LogP contribution in [0.5, 0.6) is 0 Å². The smallest absolute Gasteiger partial charge is 0.251 e. The maximum atomic E-state index is 11.7. The van der Waals surface area contributed by atoms with Gasteiger partial charge in [-0.25, -0.2) is 0 Å². The molecule has 2 aromatic rings. The van der Waals surface area contributed by atoms with Gasteiger partial charge in [0.2, 0.25) is 0 Å². The summed E-state index contributed by atoms with van der Waals surface area (Å²) in [6.07, 6.45) is 0.547. The molecule has 17 heavy (non-hydrogen) atoms. The molecule has 84 valence electrons. The summed E-state index contributed by atoms with van der Waals surface area (Å²) in [6.45, 7) is 1.73. The number of aromatic amines is 1. The SMILES string of the molecule is Cc1[nH]c(=O)c(Cc2ccccc2)cc1C#N. The van der Waals surface area contributed by atoms with Crippen molar-refractivity contribution < 1.29 is 0 Å². The molecule has 0 bridgehead atoms. The predicted octanol–water partition coefficient (Wildman–Crippen LogP) is 2.15. The Morgan fingerprint density at radius 2 is 2.00 bits per heavy atom. The van der Waals surface area contributed by atoms with Gasteiger partial charge in [-0.2, -0.15) is 5.26 Å². The van der Waals surface area contributed by atoms with Crippen molar-refractivity contribution in [1.29, 1.82) is 5.26 Å². The van der Waals surface area contributed by atoms with Crippen LogP contribution in [0.3, 0.4) is 0 Å². The lowest BCUT2D eigenvalue weighted by Crippen LogP contribution is -2.15. The third kappa shape index (κ3) is 2.43. The highest BCUT2D eigenvalue weighted by molar-refractivity contribution is 5.37. The van der Waals surface area contributed by atoms with Gasteiger partial charge in [0.15, 0.2) is 0 Å². The van der Waals surface area contributed by atoms with Gasteiger partial charge in [-0.15, -0.1) is 0 Å². The average Bonchev–Trinajstić information content (AvgIpc) is 2.34. The molecule has 0 aliphatic carbocycles. The van der Waals surface area contributed by atoms with Crippen LogP contribution < -0.4 is 5.56 Å². The lowest BCUT2D eigenvalue weighted by Gasteiger charge is -2.03. The van der Waals surface area contributed by atoms with Crippen molar-refractivity contribution in [3.63, 3.8) is 0 Å². The first kappa shape index (κ1) is 11.2. The molecule has 1 heterocycles. The number of aromatic nitrogens is 1. The highest BCUT2D eigenvalue weighted by Crippen LogP contribution is 2.08. The largest absolute Gasteiger partial charge is 0.325 e. The zero-order chi connectivity index (χ0) is 12.3. The maximum Gasteiger partial charge on any atom is 0.251 e. The van der Waals surface area contributed by atoms with Gasteiger partial charge >= 0.3 is 0 Å². The van der Waals surface area contributed by atoms with E-state index in [1.54, 1.807) is 13.0 Å². The molecule has 1 aromatic carbocycles. The van der Waals surface area contributed by atoms with Crippen molar-refractivity contribution in [3.05, 3.63) is 69.1 Å². The molecule has 0 spiro atoms. The van der Waals surface area contributed by atoms with Gasteiger partial charge in [0.05, 0.1) is 5.56 Å². The second-order valence-electron chi connectivity index (χ2n) is 3.94. The molecule has 1 N–H and O–H groups in total. The summed E-state index contributed by atoms with van der Waals surface area (Å²) in [7, 11) is 0. The van der Waals surface area contributed by atoms with E-state index >= 15 is 0 Å². The number of hydrogen-bond donors (Lipinski definition) is 1. The number of benzene rings is 1. The summed E-state index contributed by atoms with van der Waals surface area (Å²) >= 11 is 0. The molecule has 2 rings (SSSR count). The Hall–Kier alpha value is -2.34. The third-order valence-electron chi connectivity index (χ3n) is 2.67. The molecule has 3 heteroatoms. The van der Waals surface area contributed by atoms with Gasteiger partial charge in [0, 0.05) is 17.7 Å². The summed E-state index contributed by atoms with van der Waals surface area (Å²) in [5.41, 5.74) is 2.71. The van der Waals surface area contributed by atoms with Gasteiger partial charge in [0.1, 0.15) is 6.07 Å². The Labute approximate surface area is 99.4 Å². The standard InChI is InChI=1S/C14H12N2O/c1-10-13(9-15)8-12(14(17)16-10)7-11-5-3-2-4-6-11/h2-6,8H,7H2,1H3,(H,16,17). The zero-order valence-corrected chi connectivity index (χ0v) is 9.53. The summed E-state index contributed by atoms with van der Waals surface area (Å²) in [5, 5.41) is 8.93. The van der Waals surface area contributed by atoms with E-state index in [1.165, 1.54) is 0 Å². The number of nitrogens with zero attached hydrogens (tertiary/aromatic N) is 1. The van der Waals surface area contributed by atoms with Gasteiger partial charge in [-0.3, -0.25) is 4.79 Å². The first-order valence-electron chi connectivity index (χ1n) is 5.37. The molecule has 0 saturated heterocycles. The van der Waals surface area contributed by atoms with E-state index in [0.29, 0.717) is 23.2 Å². The quantitative estimate of drug-likeness (QED) is 0.849. The Kier molecular flexibility index (Phi) is 3.06. The minimum atomic E-state index is -0.120. The fourth-order valence-electron chi connectivity index (χ4n) is 1.73. The molecule has 0 aliphatic rings. The predicted molar refractivity (Wildman–Crippen MR) is 65.8 cm³/mol. The Morgan fingerprint density at radius 3 is 2.65 bits per heavy atom. The van der Waals surface area contributed by atoms with Gasteiger partial charge < -0.3 is 4.98 Å². The number of pyridine rings is 1. The lowest BCUT2D eigenvalue weighted by molar-refractivity contribution is 1.05. The maximum absolute atomic E-state index is 11.7. The second kappa shape index (κ2) is 4.67. The molecule has 3 nitrogen and oxygen atoms in total. The van der Waals surface area contributed by atoms with E-state index in [0.717, 1.165) is 5.56 Å². The van der Waals surface area contributed by atoms with Crippen molar-refractivity contribution in [2.24, 2.45) is 0 Å². The molecule has 1 aromatic heterocycles. The minimum absolute atomic E-state index is 0.120. The van der Waals surface area contributed by atoms with E-state index in [1.807, 2.05) is 30.3 Å². The van der Waals surface area contributed by atoms with E-state index < -0.39 is 0 Å². The fourth-order valence-corrected chi connectivity index (χ4v) is 1.73. The summed E-state index contributed by atoms with van der Waals surface area (Å²) < 4.78 is 0. The van der Waals surface area contributed by atoms with Gasteiger partial charge in [-0.05, 0) is 18.6 Å².